The van der Waals surface area contributed by atoms with Crippen LogP contribution in [0.3, 0.4) is 0 Å². The molecule has 0 radical (unpaired) electrons. The van der Waals surface area contributed by atoms with Crippen molar-refractivity contribution in [2.45, 2.75) is 90.2 Å². The maximum Gasteiger partial charge on any atom is 0.131 e. The third kappa shape index (κ3) is 11.1. The Bertz CT molecular complexity index is 750. The molecule has 0 bridgehead atoms. The molecule has 0 aliphatic heterocycles. The van der Waals surface area contributed by atoms with Gasteiger partial charge in [-0.1, -0.05) is 88.6 Å². The van der Waals surface area contributed by atoms with Gasteiger partial charge in [0.25, 0.3) is 0 Å². The Hall–Kier alpha value is -1.36. The van der Waals surface area contributed by atoms with E-state index in [9.17, 15) is 5.11 Å². The van der Waals surface area contributed by atoms with Crippen LogP contribution in [0.2, 0.25) is 0 Å². The second-order valence-electron chi connectivity index (χ2n) is 9.86. The molecule has 0 saturated heterocycles. The van der Waals surface area contributed by atoms with Gasteiger partial charge in [0.1, 0.15) is 23.6 Å². The molecule has 0 spiro atoms. The maximum absolute atomic E-state index is 11.1. The first-order chi connectivity index (χ1) is 15.4. The summed E-state index contributed by atoms with van der Waals surface area (Å²) in [6, 6.07) is 17.8. The summed E-state index contributed by atoms with van der Waals surface area (Å²) in [5.41, 5.74) is 0.917. The minimum atomic E-state index is -0.521. The molecule has 2 atom stereocenters. The SMILES string of the molecule is CCCCCCCCCCCC[N+](C)(C)C(C)C(O)c1cccc(Oc2ccccc2)c1.[Br-]. The van der Waals surface area contributed by atoms with Gasteiger partial charge in [-0.05, 0) is 49.6 Å². The van der Waals surface area contributed by atoms with Crippen LogP contribution in [0.4, 0.5) is 0 Å². The van der Waals surface area contributed by atoms with Crippen LogP contribution in [-0.4, -0.2) is 36.3 Å². The zero-order chi connectivity index (χ0) is 23.2. The summed E-state index contributed by atoms with van der Waals surface area (Å²) < 4.78 is 6.78. The molecule has 0 aliphatic rings. The van der Waals surface area contributed by atoms with Gasteiger partial charge in [-0.3, -0.25) is 0 Å². The quantitative estimate of drug-likeness (QED) is 0.252. The third-order valence-electron chi connectivity index (χ3n) is 6.83. The lowest BCUT2D eigenvalue weighted by atomic mass is 10.00. The Morgan fingerprint density at radius 3 is 1.91 bits per heavy atom. The fraction of sp³-hybridized carbons (Fsp3) is 0.586. The van der Waals surface area contributed by atoms with Gasteiger partial charge in [0.15, 0.2) is 0 Å². The Labute approximate surface area is 213 Å². The van der Waals surface area contributed by atoms with E-state index in [-0.39, 0.29) is 23.0 Å². The molecule has 4 heteroatoms. The van der Waals surface area contributed by atoms with E-state index in [0.717, 1.165) is 28.1 Å². The highest BCUT2D eigenvalue weighted by atomic mass is 79.9. The van der Waals surface area contributed by atoms with Crippen LogP contribution in [0.15, 0.2) is 54.6 Å². The number of aliphatic hydroxyl groups excluding tert-OH is 1. The van der Waals surface area contributed by atoms with E-state index < -0.39 is 6.10 Å². The summed E-state index contributed by atoms with van der Waals surface area (Å²) in [6.07, 6.45) is 13.0. The molecule has 0 aliphatic carbocycles. The van der Waals surface area contributed by atoms with Crippen LogP contribution in [0.1, 0.15) is 89.7 Å². The zero-order valence-electron chi connectivity index (χ0n) is 21.3. The van der Waals surface area contributed by atoms with E-state index in [2.05, 4.69) is 27.9 Å². The molecule has 2 aromatic rings. The van der Waals surface area contributed by atoms with Gasteiger partial charge in [0, 0.05) is 0 Å². The monoisotopic (exact) mass is 519 g/mol. The lowest BCUT2D eigenvalue weighted by molar-refractivity contribution is -0.917. The molecule has 3 nitrogen and oxygen atoms in total. The number of hydrogen-bond donors (Lipinski definition) is 1. The molecule has 2 rings (SSSR count). The first-order valence-electron chi connectivity index (χ1n) is 12.8. The average Bonchev–Trinajstić information content (AvgIpc) is 2.80. The zero-order valence-corrected chi connectivity index (χ0v) is 22.9. The highest BCUT2D eigenvalue weighted by Crippen LogP contribution is 2.29. The second-order valence-corrected chi connectivity index (χ2v) is 9.86. The van der Waals surface area contributed by atoms with Crippen LogP contribution >= 0.6 is 0 Å². The van der Waals surface area contributed by atoms with Crippen LogP contribution in [0, 0.1) is 0 Å². The third-order valence-corrected chi connectivity index (χ3v) is 6.83. The maximum atomic E-state index is 11.1. The first kappa shape index (κ1) is 29.7. The molecule has 2 unspecified atom stereocenters. The molecule has 186 valence electrons. The van der Waals surface area contributed by atoms with Crippen molar-refractivity contribution in [1.29, 1.82) is 0 Å². The highest BCUT2D eigenvalue weighted by Gasteiger charge is 2.31. The number of likely N-dealkylation sites (N-methyl/N-ethyl adjacent to an activating group) is 1. The van der Waals surface area contributed by atoms with E-state index in [4.69, 9.17) is 4.74 Å². The molecule has 0 heterocycles. The van der Waals surface area contributed by atoms with Gasteiger partial charge >= 0.3 is 0 Å². The second kappa shape index (κ2) is 16.3. The molecule has 2 aromatic carbocycles. The van der Waals surface area contributed by atoms with E-state index in [1.54, 1.807) is 0 Å². The standard InChI is InChI=1S/C29H46NO2.BrH/c1-5-6-7-8-9-10-11-12-13-17-23-30(3,4)25(2)29(31)26-19-18-22-28(24-26)32-27-20-15-14-16-21-27;/h14-16,18-22,24-25,29,31H,5-13,17,23H2,1-4H3;1H/q+1;/p-1. The van der Waals surface area contributed by atoms with Crippen molar-refractivity contribution < 1.29 is 31.3 Å². The number of quaternary nitrogens is 1. The fourth-order valence-corrected chi connectivity index (χ4v) is 4.26. The number of hydrogen-bond acceptors (Lipinski definition) is 2. The van der Waals surface area contributed by atoms with Crippen molar-refractivity contribution in [2.75, 3.05) is 20.6 Å². The minimum Gasteiger partial charge on any atom is -1.00 e. The number of halogens is 1. The van der Waals surface area contributed by atoms with Crippen molar-refractivity contribution in [3.8, 4) is 11.5 Å². The molecule has 0 fully saturated rings. The summed E-state index contributed by atoms with van der Waals surface area (Å²) in [5.74, 6) is 1.57. The molecular weight excluding hydrogens is 474 g/mol. The summed E-state index contributed by atoms with van der Waals surface area (Å²) in [4.78, 5) is 0. The van der Waals surface area contributed by atoms with E-state index in [1.165, 1.54) is 64.2 Å². The fourth-order valence-electron chi connectivity index (χ4n) is 4.26. The van der Waals surface area contributed by atoms with E-state index in [1.807, 2.05) is 54.6 Å². The Kier molecular flexibility index (Phi) is 14.7. The number of rotatable bonds is 16. The number of unbranched alkanes of at least 4 members (excludes halogenated alkanes) is 9. The largest absolute Gasteiger partial charge is 1.00 e. The highest BCUT2D eigenvalue weighted by molar-refractivity contribution is 5.34. The van der Waals surface area contributed by atoms with Crippen molar-refractivity contribution in [2.24, 2.45) is 0 Å². The Morgan fingerprint density at radius 2 is 1.30 bits per heavy atom. The van der Waals surface area contributed by atoms with Crippen LogP contribution in [0.25, 0.3) is 0 Å². The number of benzene rings is 2. The smallest absolute Gasteiger partial charge is 0.131 e. The van der Waals surface area contributed by atoms with Gasteiger partial charge < -0.3 is 31.3 Å². The molecule has 1 N–H and O–H groups in total. The molecule has 33 heavy (non-hydrogen) atoms. The summed E-state index contributed by atoms with van der Waals surface area (Å²) in [6.45, 7) is 5.53. The number of para-hydroxylation sites is 1. The molecule has 0 aromatic heterocycles. The van der Waals surface area contributed by atoms with E-state index >= 15 is 0 Å². The summed E-state index contributed by atoms with van der Waals surface area (Å²) in [7, 11) is 4.48. The number of ether oxygens (including phenoxy) is 1. The Balaban J connectivity index is 0.00000544. The molecule has 0 saturated carbocycles. The van der Waals surface area contributed by atoms with Crippen molar-refractivity contribution >= 4 is 0 Å². The topological polar surface area (TPSA) is 29.5 Å². The first-order valence-corrected chi connectivity index (χ1v) is 12.8. The summed E-state index contributed by atoms with van der Waals surface area (Å²) in [5, 5.41) is 11.1. The van der Waals surface area contributed by atoms with Gasteiger partial charge in [-0.25, -0.2) is 0 Å². The predicted molar refractivity (Wildman–Crippen MR) is 136 cm³/mol. The van der Waals surface area contributed by atoms with Gasteiger partial charge in [-0.2, -0.15) is 0 Å². The average molecular weight is 521 g/mol. The number of aliphatic hydroxyl groups is 1. The molecular formula is C29H46BrNO2. The Morgan fingerprint density at radius 1 is 0.758 bits per heavy atom. The number of nitrogens with zero attached hydrogens (tertiary/aromatic N) is 1. The van der Waals surface area contributed by atoms with Gasteiger partial charge in [0.05, 0.1) is 20.6 Å². The van der Waals surface area contributed by atoms with Crippen molar-refractivity contribution in [1.82, 2.24) is 0 Å². The van der Waals surface area contributed by atoms with Crippen molar-refractivity contribution in [3.63, 3.8) is 0 Å². The van der Waals surface area contributed by atoms with Crippen molar-refractivity contribution in [3.05, 3.63) is 60.2 Å². The van der Waals surface area contributed by atoms with Gasteiger partial charge in [0.2, 0.25) is 0 Å². The predicted octanol–water partition coefficient (Wildman–Crippen LogP) is 4.90. The van der Waals surface area contributed by atoms with Crippen LogP contribution in [-0.2, 0) is 0 Å². The minimum absolute atomic E-state index is 0. The summed E-state index contributed by atoms with van der Waals surface area (Å²) >= 11 is 0. The van der Waals surface area contributed by atoms with Gasteiger partial charge in [-0.15, -0.1) is 0 Å². The normalized spacial score (nSPS) is 13.2. The van der Waals surface area contributed by atoms with E-state index in [0.29, 0.717) is 0 Å². The van der Waals surface area contributed by atoms with Crippen LogP contribution < -0.4 is 21.7 Å². The lowest BCUT2D eigenvalue weighted by Crippen LogP contribution is -3.00. The lowest BCUT2D eigenvalue weighted by Gasteiger charge is -2.39. The van der Waals surface area contributed by atoms with Crippen LogP contribution in [0.5, 0.6) is 11.5 Å². The molecule has 0 amide bonds.